The van der Waals surface area contributed by atoms with Gasteiger partial charge in [-0.25, -0.2) is 0 Å². The molecule has 1 saturated carbocycles. The normalized spacial score (nSPS) is 13.3. The van der Waals surface area contributed by atoms with Crippen LogP contribution in [-0.2, 0) is 11.3 Å². The zero-order chi connectivity index (χ0) is 16.2. The Kier molecular flexibility index (Phi) is 4.39. The van der Waals surface area contributed by atoms with Crippen molar-refractivity contribution in [2.24, 2.45) is 0 Å². The van der Waals surface area contributed by atoms with Crippen molar-refractivity contribution in [2.45, 2.75) is 25.4 Å². The minimum absolute atomic E-state index is 0.159. The van der Waals surface area contributed by atoms with Gasteiger partial charge in [0.05, 0.1) is 12.1 Å². The summed E-state index contributed by atoms with van der Waals surface area (Å²) in [6.07, 6.45) is 2.17. The molecule has 0 bridgehead atoms. The number of para-hydroxylation sites is 1. The molecule has 0 aliphatic heterocycles. The van der Waals surface area contributed by atoms with Crippen LogP contribution >= 0.6 is 12.2 Å². The van der Waals surface area contributed by atoms with Gasteiger partial charge in [-0.15, -0.1) is 0 Å². The number of benzene rings is 1. The Hall–Kier alpha value is -2.66. The van der Waals surface area contributed by atoms with Crippen molar-refractivity contribution in [1.82, 2.24) is 20.1 Å². The zero-order valence-electron chi connectivity index (χ0n) is 12.3. The van der Waals surface area contributed by atoms with Gasteiger partial charge in [0.1, 0.15) is 11.8 Å². The Morgan fingerprint density at radius 2 is 2.30 bits per heavy atom. The molecule has 1 aromatic carbocycles. The minimum Gasteiger partial charge on any atom is -0.482 e. The number of amides is 1. The van der Waals surface area contributed by atoms with Gasteiger partial charge in [0.15, 0.2) is 17.2 Å². The fourth-order valence-electron chi connectivity index (χ4n) is 2.23. The number of aromatic nitrogens is 3. The Morgan fingerprint density at radius 1 is 1.52 bits per heavy atom. The predicted molar refractivity (Wildman–Crippen MR) is 84.2 cm³/mol. The molecule has 3 rings (SSSR count). The average molecular weight is 329 g/mol. The Bertz CT molecular complexity index is 816. The Labute approximate surface area is 137 Å². The van der Waals surface area contributed by atoms with E-state index in [1.807, 2.05) is 10.6 Å². The van der Waals surface area contributed by atoms with Crippen molar-refractivity contribution >= 4 is 18.1 Å². The molecule has 2 aromatic rings. The molecule has 2 N–H and O–H groups in total. The van der Waals surface area contributed by atoms with E-state index in [-0.39, 0.29) is 19.1 Å². The van der Waals surface area contributed by atoms with Gasteiger partial charge >= 0.3 is 0 Å². The van der Waals surface area contributed by atoms with Crippen molar-refractivity contribution in [1.29, 1.82) is 5.26 Å². The van der Waals surface area contributed by atoms with E-state index in [1.54, 1.807) is 24.3 Å². The van der Waals surface area contributed by atoms with Gasteiger partial charge < -0.3 is 10.1 Å². The number of carbonyl (C=O) groups excluding carboxylic acids is 1. The van der Waals surface area contributed by atoms with Gasteiger partial charge in [-0.3, -0.25) is 14.5 Å². The fraction of sp³-hybridized carbons (Fsp3) is 0.333. The molecule has 7 nitrogen and oxygen atoms in total. The maximum atomic E-state index is 11.9. The summed E-state index contributed by atoms with van der Waals surface area (Å²) in [4.78, 5) is 11.9. The second kappa shape index (κ2) is 6.62. The Morgan fingerprint density at radius 3 is 3.04 bits per heavy atom. The number of aromatic amines is 1. The lowest BCUT2D eigenvalue weighted by Crippen LogP contribution is -2.29. The second-order valence-corrected chi connectivity index (χ2v) is 5.61. The van der Waals surface area contributed by atoms with Crippen LogP contribution in [0.1, 0.15) is 30.3 Å². The standard InChI is InChI=1S/C15H15N5O2S/c16-7-10-3-1-2-4-12(10)22-9-14(21)17-8-13-18-19-15(23)20(13)11-5-6-11/h1-4,11H,5-6,8-9H2,(H,17,21)(H,19,23). The fourth-order valence-corrected chi connectivity index (χ4v) is 2.53. The molecule has 8 heteroatoms. The highest BCUT2D eigenvalue weighted by Crippen LogP contribution is 2.35. The summed E-state index contributed by atoms with van der Waals surface area (Å²) in [6.45, 7) is 0.124. The summed E-state index contributed by atoms with van der Waals surface area (Å²) in [5, 5.41) is 18.6. The van der Waals surface area contributed by atoms with Crippen molar-refractivity contribution < 1.29 is 9.53 Å². The number of nitrogens with one attached hydrogen (secondary N) is 2. The van der Waals surface area contributed by atoms with Crippen LogP contribution in [0.15, 0.2) is 24.3 Å². The quantitative estimate of drug-likeness (QED) is 0.789. The molecule has 0 atom stereocenters. The zero-order valence-corrected chi connectivity index (χ0v) is 13.1. The highest BCUT2D eigenvalue weighted by molar-refractivity contribution is 7.71. The van der Waals surface area contributed by atoms with E-state index in [2.05, 4.69) is 15.5 Å². The molecular formula is C15H15N5O2S. The molecule has 1 aliphatic carbocycles. The Balaban J connectivity index is 1.54. The van der Waals surface area contributed by atoms with Crippen molar-refractivity contribution in [3.63, 3.8) is 0 Å². The highest BCUT2D eigenvalue weighted by atomic mass is 32.1. The lowest BCUT2D eigenvalue weighted by atomic mass is 10.2. The first-order chi connectivity index (χ1) is 11.2. The third-order valence-electron chi connectivity index (χ3n) is 3.50. The molecule has 1 amide bonds. The molecule has 1 heterocycles. The van der Waals surface area contributed by atoms with Crippen LogP contribution in [0.3, 0.4) is 0 Å². The summed E-state index contributed by atoms with van der Waals surface area (Å²) >= 11 is 5.19. The number of hydrogen-bond acceptors (Lipinski definition) is 5. The maximum absolute atomic E-state index is 11.9. The summed E-state index contributed by atoms with van der Waals surface area (Å²) in [5.41, 5.74) is 0.398. The van der Waals surface area contributed by atoms with Crippen LogP contribution in [0.5, 0.6) is 5.75 Å². The third-order valence-corrected chi connectivity index (χ3v) is 3.79. The van der Waals surface area contributed by atoms with E-state index in [0.29, 0.717) is 28.0 Å². The first-order valence-electron chi connectivity index (χ1n) is 7.23. The SMILES string of the molecule is N#Cc1ccccc1OCC(=O)NCc1n[nH]c(=S)n1C1CC1. The van der Waals surface area contributed by atoms with E-state index < -0.39 is 0 Å². The van der Waals surface area contributed by atoms with Crippen molar-refractivity contribution in [3.05, 3.63) is 40.4 Å². The van der Waals surface area contributed by atoms with E-state index in [9.17, 15) is 4.79 Å². The maximum Gasteiger partial charge on any atom is 0.258 e. The van der Waals surface area contributed by atoms with E-state index in [0.717, 1.165) is 12.8 Å². The molecular weight excluding hydrogens is 314 g/mol. The van der Waals surface area contributed by atoms with Crippen LogP contribution in [0.2, 0.25) is 0 Å². The van der Waals surface area contributed by atoms with Crippen molar-refractivity contribution in [2.75, 3.05) is 6.61 Å². The van der Waals surface area contributed by atoms with Gasteiger partial charge in [0, 0.05) is 6.04 Å². The van der Waals surface area contributed by atoms with Gasteiger partial charge in [0.25, 0.3) is 5.91 Å². The van der Waals surface area contributed by atoms with Crippen molar-refractivity contribution in [3.8, 4) is 11.8 Å². The number of rotatable bonds is 6. The molecule has 1 aliphatic rings. The monoisotopic (exact) mass is 329 g/mol. The highest BCUT2D eigenvalue weighted by Gasteiger charge is 2.27. The summed E-state index contributed by atoms with van der Waals surface area (Å²) in [7, 11) is 0. The molecule has 0 saturated heterocycles. The second-order valence-electron chi connectivity index (χ2n) is 5.22. The minimum atomic E-state index is -0.283. The van der Waals surface area contributed by atoms with Crippen LogP contribution in [-0.4, -0.2) is 27.3 Å². The van der Waals surface area contributed by atoms with Gasteiger partial charge in [0.2, 0.25) is 0 Å². The van der Waals surface area contributed by atoms with E-state index >= 15 is 0 Å². The van der Waals surface area contributed by atoms with Gasteiger partial charge in [-0.05, 0) is 37.2 Å². The summed E-state index contributed by atoms with van der Waals surface area (Å²) in [5.74, 6) is 0.822. The van der Waals surface area contributed by atoms with Crippen LogP contribution in [0.25, 0.3) is 0 Å². The molecule has 1 fully saturated rings. The molecule has 0 spiro atoms. The number of H-pyrrole nitrogens is 1. The molecule has 0 unspecified atom stereocenters. The molecule has 0 radical (unpaired) electrons. The van der Waals surface area contributed by atoms with Gasteiger partial charge in [-0.2, -0.15) is 10.4 Å². The smallest absolute Gasteiger partial charge is 0.258 e. The molecule has 118 valence electrons. The first-order valence-corrected chi connectivity index (χ1v) is 7.64. The van der Waals surface area contributed by atoms with Crippen LogP contribution in [0, 0.1) is 16.1 Å². The topological polar surface area (TPSA) is 95.7 Å². The average Bonchev–Trinajstić information content (AvgIpc) is 3.34. The first kappa shape index (κ1) is 15.2. The van der Waals surface area contributed by atoms with E-state index in [4.69, 9.17) is 22.2 Å². The van der Waals surface area contributed by atoms with E-state index in [1.165, 1.54) is 0 Å². The molecule has 23 heavy (non-hydrogen) atoms. The predicted octanol–water partition coefficient (Wildman–Crippen LogP) is 1.84. The lowest BCUT2D eigenvalue weighted by molar-refractivity contribution is -0.123. The summed E-state index contributed by atoms with van der Waals surface area (Å²) < 4.78 is 7.91. The third kappa shape index (κ3) is 3.57. The van der Waals surface area contributed by atoms with Crippen LogP contribution in [0.4, 0.5) is 0 Å². The molecule has 1 aromatic heterocycles. The number of nitrogens with zero attached hydrogens (tertiary/aromatic N) is 3. The lowest BCUT2D eigenvalue weighted by Gasteiger charge is -2.09. The number of nitriles is 1. The summed E-state index contributed by atoms with van der Waals surface area (Å²) in [6, 6.07) is 9.21. The number of carbonyl (C=O) groups is 1. The number of hydrogen-bond donors (Lipinski definition) is 2. The largest absolute Gasteiger partial charge is 0.482 e. The van der Waals surface area contributed by atoms with Crippen LogP contribution < -0.4 is 10.1 Å². The van der Waals surface area contributed by atoms with Gasteiger partial charge in [-0.1, -0.05) is 12.1 Å². The number of ether oxygens (including phenoxy) is 1.